The first-order valence-corrected chi connectivity index (χ1v) is 12.7. The van der Waals surface area contributed by atoms with Crippen molar-refractivity contribution in [2.75, 3.05) is 27.5 Å². The Bertz CT molecular complexity index is 888. The molecule has 0 aromatic carbocycles. The van der Waals surface area contributed by atoms with Gasteiger partial charge in [-0.05, 0) is 30.6 Å². The standard InChI is InChI=1S/C14H24N2O9P2S/c1-22-12-9(5-7-26(19,20)23-2)8-10(13(12)25-27(21,28)24-3)16-6-4-11(17)15-14(16)18/h4,6,9-10,12-13H,5,7-8H2,1-3H3,(H,19,20)(H,21,28)(H,15,17,18)/t9-,10-,12+,13-,27?/m0/s1. The molecule has 0 aliphatic heterocycles. The van der Waals surface area contributed by atoms with Crippen molar-refractivity contribution in [3.8, 4) is 0 Å². The molecule has 11 nitrogen and oxygen atoms in total. The van der Waals surface area contributed by atoms with Gasteiger partial charge in [-0.3, -0.25) is 18.9 Å². The van der Waals surface area contributed by atoms with Gasteiger partial charge in [0.05, 0.1) is 18.3 Å². The van der Waals surface area contributed by atoms with E-state index in [2.05, 4.69) is 9.51 Å². The normalized spacial score (nSPS) is 29.3. The van der Waals surface area contributed by atoms with Crippen molar-refractivity contribution in [1.29, 1.82) is 0 Å². The first-order chi connectivity index (χ1) is 13.0. The predicted octanol–water partition coefficient (Wildman–Crippen LogP) is 0.583. The zero-order chi connectivity index (χ0) is 21.1. The summed E-state index contributed by atoms with van der Waals surface area (Å²) in [5.41, 5.74) is -1.21. The van der Waals surface area contributed by atoms with Gasteiger partial charge in [0.2, 0.25) is 0 Å². The molecular formula is C14H24N2O9P2S. The van der Waals surface area contributed by atoms with E-state index in [4.69, 9.17) is 25.6 Å². The number of ether oxygens (including phenoxy) is 1. The number of hydrogen-bond donors (Lipinski definition) is 3. The Morgan fingerprint density at radius 3 is 2.46 bits per heavy atom. The third-order valence-electron chi connectivity index (χ3n) is 4.75. The molecule has 1 aliphatic carbocycles. The zero-order valence-electron chi connectivity index (χ0n) is 15.6. The second-order valence-electron chi connectivity index (χ2n) is 6.33. The van der Waals surface area contributed by atoms with E-state index >= 15 is 0 Å². The fourth-order valence-electron chi connectivity index (χ4n) is 3.38. The second-order valence-corrected chi connectivity index (χ2v) is 11.3. The Kier molecular flexibility index (Phi) is 7.94. The minimum atomic E-state index is -3.74. The van der Waals surface area contributed by atoms with Crippen LogP contribution >= 0.6 is 14.3 Å². The number of nitrogens with zero attached hydrogens (tertiary/aromatic N) is 1. The molecule has 6 atom stereocenters. The number of rotatable bonds is 9. The average Bonchev–Trinajstić information content (AvgIpc) is 2.96. The SMILES string of the molecule is CO[C@@H]1[C@@H](CCP(=O)(O)OC)C[C@H](n2ccc(=O)[nH]c2=O)[C@@H]1OP(O)(=S)OC. The maximum atomic E-state index is 12.3. The Hall–Kier alpha value is -0.680. The van der Waals surface area contributed by atoms with E-state index in [9.17, 15) is 23.9 Å². The lowest BCUT2D eigenvalue weighted by Gasteiger charge is -2.29. The summed E-state index contributed by atoms with van der Waals surface area (Å²) >= 11 is 4.94. The molecule has 0 spiro atoms. The van der Waals surface area contributed by atoms with E-state index in [-0.39, 0.29) is 18.5 Å². The van der Waals surface area contributed by atoms with E-state index in [0.29, 0.717) is 6.42 Å². The molecule has 28 heavy (non-hydrogen) atoms. The summed E-state index contributed by atoms with van der Waals surface area (Å²) in [5.74, 6) is -0.304. The summed E-state index contributed by atoms with van der Waals surface area (Å²) < 4.78 is 33.7. The van der Waals surface area contributed by atoms with Gasteiger partial charge < -0.3 is 28.1 Å². The Morgan fingerprint density at radius 2 is 1.93 bits per heavy atom. The highest BCUT2D eigenvalue weighted by molar-refractivity contribution is 8.07. The van der Waals surface area contributed by atoms with Crippen LogP contribution in [0.25, 0.3) is 0 Å². The van der Waals surface area contributed by atoms with Gasteiger partial charge in [-0.1, -0.05) is 0 Å². The molecule has 2 rings (SSSR count). The molecule has 2 unspecified atom stereocenters. The van der Waals surface area contributed by atoms with Crippen molar-refractivity contribution in [3.05, 3.63) is 33.1 Å². The number of nitrogens with one attached hydrogen (secondary N) is 1. The van der Waals surface area contributed by atoms with E-state index in [0.717, 1.165) is 7.11 Å². The summed E-state index contributed by atoms with van der Waals surface area (Å²) in [6.45, 7) is -3.60. The molecule has 0 bridgehead atoms. The van der Waals surface area contributed by atoms with E-state index in [1.165, 1.54) is 31.0 Å². The van der Waals surface area contributed by atoms with Gasteiger partial charge in [-0.15, -0.1) is 0 Å². The monoisotopic (exact) mass is 458 g/mol. The van der Waals surface area contributed by atoms with E-state index in [1.54, 1.807) is 0 Å². The molecule has 1 aliphatic rings. The van der Waals surface area contributed by atoms with Gasteiger partial charge in [-0.2, -0.15) is 0 Å². The van der Waals surface area contributed by atoms with Gasteiger partial charge in [0.1, 0.15) is 6.10 Å². The molecule has 1 fully saturated rings. The lowest BCUT2D eigenvalue weighted by atomic mass is 10.0. The second kappa shape index (κ2) is 9.42. The van der Waals surface area contributed by atoms with Crippen LogP contribution in [0, 0.1) is 5.92 Å². The van der Waals surface area contributed by atoms with Gasteiger partial charge in [0.25, 0.3) is 5.56 Å². The molecule has 1 aromatic heterocycles. The Labute approximate surface area is 166 Å². The highest BCUT2D eigenvalue weighted by atomic mass is 32.5. The van der Waals surface area contributed by atoms with Crippen molar-refractivity contribution in [2.45, 2.75) is 31.1 Å². The van der Waals surface area contributed by atoms with Crippen molar-refractivity contribution in [1.82, 2.24) is 9.55 Å². The first-order valence-electron chi connectivity index (χ1n) is 8.32. The van der Waals surface area contributed by atoms with Crippen LogP contribution in [0.2, 0.25) is 0 Å². The summed E-state index contributed by atoms with van der Waals surface area (Å²) in [6, 6.07) is 0.538. The molecule has 0 radical (unpaired) electrons. The number of aromatic nitrogens is 2. The van der Waals surface area contributed by atoms with Crippen LogP contribution in [0.1, 0.15) is 18.9 Å². The Balaban J connectivity index is 2.39. The van der Waals surface area contributed by atoms with Crippen LogP contribution < -0.4 is 11.2 Å². The Morgan fingerprint density at radius 1 is 1.25 bits per heavy atom. The van der Waals surface area contributed by atoms with E-state index in [1.807, 2.05) is 0 Å². The summed E-state index contributed by atoms with van der Waals surface area (Å²) in [6.07, 6.45) is 0.233. The third-order valence-corrected chi connectivity index (χ3v) is 7.82. The van der Waals surface area contributed by atoms with Gasteiger partial charge in [-0.25, -0.2) is 4.79 Å². The number of hydrogen-bond acceptors (Lipinski definition) is 8. The molecule has 0 amide bonds. The summed E-state index contributed by atoms with van der Waals surface area (Å²) in [5, 5.41) is 0. The number of H-pyrrole nitrogens is 1. The molecule has 160 valence electrons. The predicted molar refractivity (Wildman–Crippen MR) is 104 cm³/mol. The molecule has 3 N–H and O–H groups in total. The van der Waals surface area contributed by atoms with Crippen LogP contribution in [0.15, 0.2) is 21.9 Å². The van der Waals surface area contributed by atoms with Gasteiger partial charge >= 0.3 is 20.0 Å². The van der Waals surface area contributed by atoms with Crippen molar-refractivity contribution in [3.63, 3.8) is 0 Å². The lowest BCUT2D eigenvalue weighted by molar-refractivity contribution is -0.0184. The molecule has 14 heteroatoms. The van der Waals surface area contributed by atoms with Crippen LogP contribution in [0.4, 0.5) is 0 Å². The highest BCUT2D eigenvalue weighted by Gasteiger charge is 2.48. The molecular weight excluding hydrogens is 434 g/mol. The maximum absolute atomic E-state index is 12.3. The van der Waals surface area contributed by atoms with Crippen LogP contribution in [-0.2, 0) is 34.7 Å². The lowest BCUT2D eigenvalue weighted by Crippen LogP contribution is -2.38. The van der Waals surface area contributed by atoms with Crippen LogP contribution in [-0.4, -0.2) is 59.0 Å². The molecule has 0 saturated heterocycles. The minimum Gasteiger partial charge on any atom is -0.378 e. The van der Waals surface area contributed by atoms with Gasteiger partial charge in [0.15, 0.2) is 0 Å². The fraction of sp³-hybridized carbons (Fsp3) is 0.714. The fourth-order valence-corrected chi connectivity index (χ4v) is 5.17. The number of aromatic amines is 1. The smallest absolute Gasteiger partial charge is 0.328 e. The van der Waals surface area contributed by atoms with Crippen molar-refractivity contribution in [2.24, 2.45) is 5.92 Å². The highest BCUT2D eigenvalue weighted by Crippen LogP contribution is 2.52. The minimum absolute atomic E-state index is 0.119. The first kappa shape index (κ1) is 23.6. The third kappa shape index (κ3) is 5.69. The van der Waals surface area contributed by atoms with Crippen molar-refractivity contribution >= 4 is 26.1 Å². The quantitative estimate of drug-likeness (QED) is 0.449. The zero-order valence-corrected chi connectivity index (χ0v) is 18.2. The number of methoxy groups -OCH3 is 1. The maximum Gasteiger partial charge on any atom is 0.328 e. The molecule has 1 aromatic rings. The van der Waals surface area contributed by atoms with Crippen molar-refractivity contribution < 1.29 is 32.7 Å². The van der Waals surface area contributed by atoms with Crippen LogP contribution in [0.3, 0.4) is 0 Å². The molecule has 1 heterocycles. The van der Waals surface area contributed by atoms with Gasteiger partial charge in [0, 0.05) is 33.6 Å². The largest absolute Gasteiger partial charge is 0.378 e. The average molecular weight is 458 g/mol. The van der Waals surface area contributed by atoms with Crippen LogP contribution in [0.5, 0.6) is 0 Å². The summed E-state index contributed by atoms with van der Waals surface area (Å²) in [4.78, 5) is 45.6. The van der Waals surface area contributed by atoms with E-state index < -0.39 is 43.8 Å². The topological polar surface area (TPSA) is 149 Å². The molecule has 1 saturated carbocycles. The summed E-state index contributed by atoms with van der Waals surface area (Å²) in [7, 11) is 0.0441.